The van der Waals surface area contributed by atoms with Crippen molar-refractivity contribution in [3.05, 3.63) is 28.8 Å². The van der Waals surface area contributed by atoms with Gasteiger partial charge in [0.2, 0.25) is 0 Å². The molecule has 0 aromatic heterocycles. The molecule has 0 bridgehead atoms. The zero-order valence-corrected chi connectivity index (χ0v) is 12.4. The highest BCUT2D eigenvalue weighted by Gasteiger charge is 2.31. The van der Waals surface area contributed by atoms with Gasteiger partial charge >= 0.3 is 0 Å². The van der Waals surface area contributed by atoms with Gasteiger partial charge in [0.15, 0.2) is 0 Å². The molecule has 1 fully saturated rings. The van der Waals surface area contributed by atoms with Crippen LogP contribution in [0.25, 0.3) is 0 Å². The average Bonchev–Trinajstić information content (AvgIpc) is 2.41. The highest BCUT2D eigenvalue weighted by atomic mass is 35.5. The SMILES string of the molecule is COc1cccc(Cl)c1CN1CCC(=O)C(C)C1C. The highest BCUT2D eigenvalue weighted by molar-refractivity contribution is 6.31. The lowest BCUT2D eigenvalue weighted by molar-refractivity contribution is -0.128. The molecule has 1 aromatic rings. The van der Waals surface area contributed by atoms with Crippen molar-refractivity contribution in [3.63, 3.8) is 0 Å². The molecule has 3 nitrogen and oxygen atoms in total. The summed E-state index contributed by atoms with van der Waals surface area (Å²) < 4.78 is 5.37. The van der Waals surface area contributed by atoms with Gasteiger partial charge in [-0.05, 0) is 19.1 Å². The summed E-state index contributed by atoms with van der Waals surface area (Å²) in [5.41, 5.74) is 1.00. The van der Waals surface area contributed by atoms with Crippen LogP contribution in [0, 0.1) is 5.92 Å². The average molecular weight is 282 g/mol. The van der Waals surface area contributed by atoms with E-state index in [9.17, 15) is 4.79 Å². The predicted octanol–water partition coefficient (Wildman–Crippen LogP) is 3.15. The lowest BCUT2D eigenvalue weighted by Gasteiger charge is -2.37. The third-order valence-corrected chi connectivity index (χ3v) is 4.46. The second-order valence-electron chi connectivity index (χ2n) is 5.14. The Labute approximate surface area is 119 Å². The van der Waals surface area contributed by atoms with Crippen molar-refractivity contribution in [1.82, 2.24) is 4.90 Å². The molecule has 0 saturated carbocycles. The molecule has 2 atom stereocenters. The number of hydrogen-bond acceptors (Lipinski definition) is 3. The third-order valence-electron chi connectivity index (χ3n) is 4.11. The number of carbonyl (C=O) groups is 1. The van der Waals surface area contributed by atoms with Crippen LogP contribution in [-0.2, 0) is 11.3 Å². The second-order valence-corrected chi connectivity index (χ2v) is 5.54. The molecule has 0 amide bonds. The molecule has 1 heterocycles. The van der Waals surface area contributed by atoms with Crippen LogP contribution < -0.4 is 4.74 Å². The number of likely N-dealkylation sites (tertiary alicyclic amines) is 1. The van der Waals surface area contributed by atoms with Crippen molar-refractivity contribution in [2.75, 3.05) is 13.7 Å². The highest BCUT2D eigenvalue weighted by Crippen LogP contribution is 2.30. The molecule has 0 N–H and O–H groups in total. The Morgan fingerprint density at radius 1 is 1.42 bits per heavy atom. The number of hydrogen-bond donors (Lipinski definition) is 0. The first-order valence-corrected chi connectivity index (χ1v) is 7.00. The van der Waals surface area contributed by atoms with Gasteiger partial charge in [-0.1, -0.05) is 24.6 Å². The molecule has 0 aliphatic carbocycles. The van der Waals surface area contributed by atoms with Crippen LogP contribution in [-0.4, -0.2) is 30.4 Å². The molecule has 2 unspecified atom stereocenters. The predicted molar refractivity (Wildman–Crippen MR) is 76.7 cm³/mol. The summed E-state index contributed by atoms with van der Waals surface area (Å²) in [5, 5.41) is 0.719. The second kappa shape index (κ2) is 5.93. The van der Waals surface area contributed by atoms with E-state index in [0.717, 1.165) is 29.4 Å². The van der Waals surface area contributed by atoms with Crippen LogP contribution in [0.1, 0.15) is 25.8 Å². The van der Waals surface area contributed by atoms with E-state index in [1.807, 2.05) is 25.1 Å². The van der Waals surface area contributed by atoms with Gasteiger partial charge in [-0.25, -0.2) is 0 Å². The van der Waals surface area contributed by atoms with E-state index in [1.54, 1.807) is 7.11 Å². The molecule has 2 rings (SSSR count). The fraction of sp³-hybridized carbons (Fsp3) is 0.533. The molecule has 19 heavy (non-hydrogen) atoms. The Balaban J connectivity index is 2.20. The fourth-order valence-corrected chi connectivity index (χ4v) is 2.81. The normalized spacial score (nSPS) is 24.5. The van der Waals surface area contributed by atoms with Crippen molar-refractivity contribution in [2.24, 2.45) is 5.92 Å². The van der Waals surface area contributed by atoms with Crippen LogP contribution in [0.2, 0.25) is 5.02 Å². The lowest BCUT2D eigenvalue weighted by Crippen LogP contribution is -2.46. The van der Waals surface area contributed by atoms with E-state index in [-0.39, 0.29) is 12.0 Å². The van der Waals surface area contributed by atoms with Crippen LogP contribution >= 0.6 is 11.6 Å². The largest absolute Gasteiger partial charge is 0.496 e. The van der Waals surface area contributed by atoms with Gasteiger partial charge in [0.1, 0.15) is 11.5 Å². The van der Waals surface area contributed by atoms with Crippen LogP contribution in [0.5, 0.6) is 5.75 Å². The van der Waals surface area contributed by atoms with E-state index in [1.165, 1.54) is 0 Å². The number of rotatable bonds is 3. The molecule has 104 valence electrons. The Hall–Kier alpha value is -1.06. The molecule has 4 heteroatoms. The summed E-state index contributed by atoms with van der Waals surface area (Å²) in [4.78, 5) is 14.0. The summed E-state index contributed by atoms with van der Waals surface area (Å²) >= 11 is 6.27. The zero-order chi connectivity index (χ0) is 14.0. The minimum absolute atomic E-state index is 0.0854. The van der Waals surface area contributed by atoms with E-state index >= 15 is 0 Å². The van der Waals surface area contributed by atoms with Crippen molar-refractivity contribution >= 4 is 17.4 Å². The van der Waals surface area contributed by atoms with Crippen molar-refractivity contribution in [1.29, 1.82) is 0 Å². The van der Waals surface area contributed by atoms with Gasteiger partial charge in [-0.2, -0.15) is 0 Å². The maximum atomic E-state index is 11.7. The van der Waals surface area contributed by atoms with Crippen LogP contribution in [0.4, 0.5) is 0 Å². The maximum absolute atomic E-state index is 11.7. The van der Waals surface area contributed by atoms with E-state index in [2.05, 4.69) is 11.8 Å². The molecule has 1 aliphatic rings. The minimum atomic E-state index is 0.0854. The Bertz CT molecular complexity index is 475. The molecular formula is C15H20ClNO2. The fourth-order valence-electron chi connectivity index (χ4n) is 2.58. The first-order chi connectivity index (χ1) is 9.04. The molecule has 1 saturated heterocycles. The van der Waals surface area contributed by atoms with Gasteiger partial charge in [-0.3, -0.25) is 9.69 Å². The number of piperidine rings is 1. The topological polar surface area (TPSA) is 29.5 Å². The summed E-state index contributed by atoms with van der Waals surface area (Å²) in [6.45, 7) is 5.62. The van der Waals surface area contributed by atoms with Crippen LogP contribution in [0.3, 0.4) is 0 Å². The van der Waals surface area contributed by atoms with Crippen molar-refractivity contribution in [3.8, 4) is 5.75 Å². The summed E-state index contributed by atoms with van der Waals surface area (Å²) in [6, 6.07) is 5.92. The van der Waals surface area contributed by atoms with Gasteiger partial charge in [0, 0.05) is 42.1 Å². The molecule has 1 aromatic carbocycles. The molecule has 1 aliphatic heterocycles. The molecule has 0 spiro atoms. The van der Waals surface area contributed by atoms with Gasteiger partial charge < -0.3 is 4.74 Å². The molecular weight excluding hydrogens is 262 g/mol. The first kappa shape index (κ1) is 14.4. The number of halogens is 1. The number of methoxy groups -OCH3 is 1. The minimum Gasteiger partial charge on any atom is -0.496 e. The monoisotopic (exact) mass is 281 g/mol. The maximum Gasteiger partial charge on any atom is 0.138 e. The number of benzene rings is 1. The number of Topliss-reactive ketones (excluding diaryl/α,β-unsaturated/α-hetero) is 1. The standard InChI is InChI=1S/C15H20ClNO2/c1-10-11(2)17(8-7-14(10)18)9-12-13(16)5-4-6-15(12)19-3/h4-6,10-11H,7-9H2,1-3H3. The third kappa shape index (κ3) is 2.93. The Morgan fingerprint density at radius 3 is 2.84 bits per heavy atom. The molecule has 0 radical (unpaired) electrons. The summed E-state index contributed by atoms with van der Waals surface area (Å²) in [6.07, 6.45) is 0.623. The Kier molecular flexibility index (Phi) is 4.48. The number of carbonyl (C=O) groups excluding carboxylic acids is 1. The van der Waals surface area contributed by atoms with Crippen LogP contribution in [0.15, 0.2) is 18.2 Å². The number of nitrogens with zero attached hydrogens (tertiary/aromatic N) is 1. The number of ether oxygens (including phenoxy) is 1. The van der Waals surface area contributed by atoms with E-state index < -0.39 is 0 Å². The number of ketones is 1. The summed E-state index contributed by atoms with van der Waals surface area (Å²) in [7, 11) is 1.65. The quantitative estimate of drug-likeness (QED) is 0.852. The van der Waals surface area contributed by atoms with E-state index in [4.69, 9.17) is 16.3 Å². The summed E-state index contributed by atoms with van der Waals surface area (Å²) in [5.74, 6) is 1.25. The lowest BCUT2D eigenvalue weighted by atomic mass is 9.90. The van der Waals surface area contributed by atoms with Gasteiger partial charge in [0.05, 0.1) is 7.11 Å². The zero-order valence-electron chi connectivity index (χ0n) is 11.6. The smallest absolute Gasteiger partial charge is 0.138 e. The van der Waals surface area contributed by atoms with Gasteiger partial charge in [-0.15, -0.1) is 0 Å². The van der Waals surface area contributed by atoms with Crippen molar-refractivity contribution < 1.29 is 9.53 Å². The van der Waals surface area contributed by atoms with Crippen molar-refractivity contribution in [2.45, 2.75) is 32.9 Å². The first-order valence-electron chi connectivity index (χ1n) is 6.62. The Morgan fingerprint density at radius 2 is 2.16 bits per heavy atom. The van der Waals surface area contributed by atoms with E-state index in [0.29, 0.717) is 12.2 Å². The van der Waals surface area contributed by atoms with Gasteiger partial charge in [0.25, 0.3) is 0 Å².